The zero-order valence-electron chi connectivity index (χ0n) is 13.6. The molecule has 0 aliphatic carbocycles. The number of halogens is 1. The number of aryl methyl sites for hydroxylation is 1. The van der Waals surface area contributed by atoms with Gasteiger partial charge in [0.2, 0.25) is 0 Å². The van der Waals surface area contributed by atoms with E-state index in [0.717, 1.165) is 35.8 Å². The van der Waals surface area contributed by atoms with Gasteiger partial charge >= 0.3 is 0 Å². The molecule has 1 aromatic rings. The summed E-state index contributed by atoms with van der Waals surface area (Å²) < 4.78 is 6.36. The van der Waals surface area contributed by atoms with Crippen LogP contribution in [0, 0.1) is 6.92 Å². The van der Waals surface area contributed by atoms with Crippen LogP contribution in [-0.2, 0) is 0 Å². The zero-order chi connectivity index (χ0) is 15.3. The van der Waals surface area contributed by atoms with Gasteiger partial charge in [-0.25, -0.2) is 0 Å². The van der Waals surface area contributed by atoms with E-state index < -0.39 is 0 Å². The highest BCUT2D eigenvalue weighted by Gasteiger charge is 2.25. The Labute approximate surface area is 128 Å². The third-order valence-electron chi connectivity index (χ3n) is 3.77. The maximum atomic E-state index is 6.36. The Hall–Kier alpha value is -0.730. The quantitative estimate of drug-likeness (QED) is 0.770. The smallest absolute Gasteiger partial charge is 0.124 e. The fourth-order valence-electron chi connectivity index (χ4n) is 2.10. The van der Waals surface area contributed by atoms with E-state index in [1.54, 1.807) is 0 Å². The Morgan fingerprint density at radius 3 is 2.45 bits per heavy atom. The van der Waals surface area contributed by atoms with Crippen LogP contribution in [0.15, 0.2) is 12.1 Å². The molecule has 0 aliphatic heterocycles. The second-order valence-corrected chi connectivity index (χ2v) is 6.39. The summed E-state index contributed by atoms with van der Waals surface area (Å²) in [5.41, 5.74) is 2.05. The molecule has 0 fully saturated rings. The van der Waals surface area contributed by atoms with E-state index in [-0.39, 0.29) is 5.60 Å². The number of benzene rings is 1. The van der Waals surface area contributed by atoms with Crippen LogP contribution in [0.4, 0.5) is 0 Å². The highest BCUT2D eigenvalue weighted by atomic mass is 35.5. The van der Waals surface area contributed by atoms with Crippen molar-refractivity contribution in [1.82, 2.24) is 5.32 Å². The van der Waals surface area contributed by atoms with E-state index >= 15 is 0 Å². The van der Waals surface area contributed by atoms with E-state index in [9.17, 15) is 0 Å². The van der Waals surface area contributed by atoms with Crippen molar-refractivity contribution in [3.63, 3.8) is 0 Å². The normalized spacial score (nSPS) is 14.4. The van der Waals surface area contributed by atoms with Gasteiger partial charge in [-0.15, -0.1) is 0 Å². The van der Waals surface area contributed by atoms with Crippen molar-refractivity contribution < 1.29 is 4.74 Å². The van der Waals surface area contributed by atoms with Crippen LogP contribution in [0.2, 0.25) is 5.02 Å². The van der Waals surface area contributed by atoms with E-state index in [2.05, 4.69) is 46.0 Å². The first-order valence-electron chi connectivity index (χ1n) is 7.52. The first kappa shape index (κ1) is 17.3. The van der Waals surface area contributed by atoms with Crippen molar-refractivity contribution in [3.8, 4) is 5.75 Å². The number of rotatable bonds is 7. The average molecular weight is 298 g/mol. The number of ether oxygens (including phenoxy) is 1. The van der Waals surface area contributed by atoms with Gasteiger partial charge in [0.1, 0.15) is 11.4 Å². The van der Waals surface area contributed by atoms with Crippen molar-refractivity contribution in [1.29, 1.82) is 0 Å². The molecule has 0 aliphatic rings. The molecule has 1 atom stereocenters. The number of nitrogens with one attached hydrogen (secondary N) is 1. The predicted molar refractivity (Wildman–Crippen MR) is 88.1 cm³/mol. The standard InChI is InChI=1S/C17H28ClNO/c1-7-17(6,11-19-8-2)20-16-9-13(5)15(18)10-14(16)12(3)4/h9-10,12,19H,7-8,11H2,1-6H3. The summed E-state index contributed by atoms with van der Waals surface area (Å²) in [6.07, 6.45) is 0.958. The van der Waals surface area contributed by atoms with Gasteiger partial charge in [-0.2, -0.15) is 0 Å². The van der Waals surface area contributed by atoms with E-state index in [4.69, 9.17) is 16.3 Å². The molecule has 0 radical (unpaired) electrons. The minimum absolute atomic E-state index is 0.195. The highest BCUT2D eigenvalue weighted by Crippen LogP contribution is 2.34. The van der Waals surface area contributed by atoms with Crippen molar-refractivity contribution in [2.75, 3.05) is 13.1 Å². The largest absolute Gasteiger partial charge is 0.486 e. The van der Waals surface area contributed by atoms with Crippen LogP contribution < -0.4 is 10.1 Å². The summed E-state index contributed by atoms with van der Waals surface area (Å²) in [6.45, 7) is 14.6. The fraction of sp³-hybridized carbons (Fsp3) is 0.647. The maximum absolute atomic E-state index is 6.36. The molecule has 0 aromatic heterocycles. The number of hydrogen-bond acceptors (Lipinski definition) is 2. The van der Waals surface area contributed by atoms with Crippen LogP contribution >= 0.6 is 11.6 Å². The summed E-state index contributed by atoms with van der Waals surface area (Å²) >= 11 is 6.25. The molecule has 114 valence electrons. The molecule has 1 N–H and O–H groups in total. The second kappa shape index (κ2) is 7.33. The summed E-state index contributed by atoms with van der Waals surface area (Å²) in [5.74, 6) is 1.35. The van der Waals surface area contributed by atoms with Gasteiger partial charge in [0.25, 0.3) is 0 Å². The Balaban J connectivity index is 3.08. The first-order chi connectivity index (χ1) is 9.33. The lowest BCUT2D eigenvalue weighted by Gasteiger charge is -2.32. The molecule has 0 amide bonds. The summed E-state index contributed by atoms with van der Waals surface area (Å²) in [6, 6.07) is 4.11. The Bertz CT molecular complexity index is 445. The van der Waals surface area contributed by atoms with Gasteiger partial charge in [-0.3, -0.25) is 0 Å². The van der Waals surface area contributed by atoms with Gasteiger partial charge in [-0.05, 0) is 56.0 Å². The van der Waals surface area contributed by atoms with Gasteiger partial charge in [0.15, 0.2) is 0 Å². The second-order valence-electron chi connectivity index (χ2n) is 5.98. The molecular formula is C17H28ClNO. The first-order valence-corrected chi connectivity index (χ1v) is 7.90. The third-order valence-corrected chi connectivity index (χ3v) is 4.17. The Morgan fingerprint density at radius 2 is 1.95 bits per heavy atom. The molecular weight excluding hydrogens is 270 g/mol. The minimum Gasteiger partial charge on any atom is -0.486 e. The van der Waals surface area contributed by atoms with Crippen molar-refractivity contribution in [3.05, 3.63) is 28.3 Å². The van der Waals surface area contributed by atoms with E-state index in [1.807, 2.05) is 13.0 Å². The summed E-state index contributed by atoms with van der Waals surface area (Å²) in [7, 11) is 0. The van der Waals surface area contributed by atoms with Crippen LogP contribution in [0.1, 0.15) is 58.1 Å². The molecule has 1 aromatic carbocycles. The van der Waals surface area contributed by atoms with Gasteiger partial charge in [-0.1, -0.05) is 39.3 Å². The molecule has 1 unspecified atom stereocenters. The minimum atomic E-state index is -0.195. The van der Waals surface area contributed by atoms with Crippen LogP contribution in [0.5, 0.6) is 5.75 Å². The van der Waals surface area contributed by atoms with Gasteiger partial charge in [0, 0.05) is 11.6 Å². The molecule has 0 bridgehead atoms. The third kappa shape index (κ3) is 4.39. The molecule has 0 heterocycles. The number of likely N-dealkylation sites (N-methyl/N-ethyl adjacent to an activating group) is 1. The fourth-order valence-corrected chi connectivity index (χ4v) is 2.27. The van der Waals surface area contributed by atoms with Crippen LogP contribution in [0.25, 0.3) is 0 Å². The maximum Gasteiger partial charge on any atom is 0.124 e. The van der Waals surface area contributed by atoms with Crippen molar-refractivity contribution >= 4 is 11.6 Å². The molecule has 1 rings (SSSR count). The molecule has 0 spiro atoms. The van der Waals surface area contributed by atoms with Crippen molar-refractivity contribution in [2.24, 2.45) is 0 Å². The Morgan fingerprint density at radius 1 is 1.30 bits per heavy atom. The topological polar surface area (TPSA) is 21.3 Å². The van der Waals surface area contributed by atoms with Gasteiger partial charge < -0.3 is 10.1 Å². The molecule has 3 heteroatoms. The lowest BCUT2D eigenvalue weighted by molar-refractivity contribution is 0.0826. The van der Waals surface area contributed by atoms with E-state index in [1.165, 1.54) is 5.56 Å². The van der Waals surface area contributed by atoms with Gasteiger partial charge in [0.05, 0.1) is 0 Å². The molecule has 0 saturated carbocycles. The Kier molecular flexibility index (Phi) is 6.35. The van der Waals surface area contributed by atoms with Crippen LogP contribution in [-0.4, -0.2) is 18.7 Å². The summed E-state index contributed by atoms with van der Waals surface area (Å²) in [5, 5.41) is 4.19. The highest BCUT2D eigenvalue weighted by molar-refractivity contribution is 6.31. The predicted octanol–water partition coefficient (Wildman–Crippen LogP) is 4.93. The zero-order valence-corrected chi connectivity index (χ0v) is 14.4. The molecule has 2 nitrogen and oxygen atoms in total. The number of hydrogen-bond donors (Lipinski definition) is 1. The molecule has 0 saturated heterocycles. The summed E-state index contributed by atoms with van der Waals surface area (Å²) in [4.78, 5) is 0. The van der Waals surface area contributed by atoms with Crippen LogP contribution in [0.3, 0.4) is 0 Å². The monoisotopic (exact) mass is 297 g/mol. The lowest BCUT2D eigenvalue weighted by atomic mass is 9.98. The molecule has 20 heavy (non-hydrogen) atoms. The van der Waals surface area contributed by atoms with E-state index in [0.29, 0.717) is 5.92 Å². The van der Waals surface area contributed by atoms with Crippen molar-refractivity contribution in [2.45, 2.75) is 59.5 Å². The average Bonchev–Trinajstić information content (AvgIpc) is 2.40. The SMILES string of the molecule is CCNCC(C)(CC)Oc1cc(C)c(Cl)cc1C(C)C. The lowest BCUT2D eigenvalue weighted by Crippen LogP contribution is -2.42.